The lowest BCUT2D eigenvalue weighted by molar-refractivity contribution is 0.207. The average Bonchev–Trinajstić information content (AvgIpc) is 3.00. The molecule has 2 amide bonds. The maximum atomic E-state index is 12.3. The Balaban J connectivity index is 1.54. The molecule has 0 bridgehead atoms. The second-order valence-electron chi connectivity index (χ2n) is 6.01. The zero-order chi connectivity index (χ0) is 18.7. The summed E-state index contributed by atoms with van der Waals surface area (Å²) in [7, 11) is -3.28. The number of benzene rings is 1. The van der Waals surface area contributed by atoms with Gasteiger partial charge in [0.25, 0.3) is 0 Å². The number of carbonyl (C=O) groups is 1. The summed E-state index contributed by atoms with van der Waals surface area (Å²) >= 11 is 0. The van der Waals surface area contributed by atoms with Crippen molar-refractivity contribution < 1.29 is 22.8 Å². The Morgan fingerprint density at radius 1 is 1.31 bits per heavy atom. The number of phenolic OH excluding ortho intramolecular Hbond substituents is 1. The third-order valence-corrected chi connectivity index (χ3v) is 4.62. The normalized spacial score (nSPS) is 15.1. The van der Waals surface area contributed by atoms with Gasteiger partial charge in [-0.1, -0.05) is 11.2 Å². The van der Waals surface area contributed by atoms with Crippen LogP contribution >= 0.6 is 0 Å². The third-order valence-electron chi connectivity index (χ3n) is 3.84. The highest BCUT2D eigenvalue weighted by molar-refractivity contribution is 7.89. The van der Waals surface area contributed by atoms with E-state index in [-0.39, 0.29) is 23.3 Å². The fraction of sp³-hybridized carbons (Fsp3) is 0.400. The molecule has 10 nitrogen and oxygen atoms in total. The lowest BCUT2D eigenvalue weighted by Crippen LogP contribution is -2.50. The Morgan fingerprint density at radius 3 is 2.69 bits per heavy atom. The second kappa shape index (κ2) is 7.20. The van der Waals surface area contributed by atoms with Gasteiger partial charge >= 0.3 is 12.0 Å². The molecule has 0 unspecified atom stereocenters. The molecule has 11 heteroatoms. The van der Waals surface area contributed by atoms with E-state index in [0.29, 0.717) is 26.2 Å². The molecule has 1 aromatic carbocycles. The number of carbonyl (C=O) groups excluding carboxylic acids is 1. The number of urea groups is 1. The van der Waals surface area contributed by atoms with Crippen LogP contribution in [0, 0.1) is 0 Å². The van der Waals surface area contributed by atoms with Gasteiger partial charge in [-0.15, -0.1) is 0 Å². The van der Waals surface area contributed by atoms with Crippen LogP contribution in [0.5, 0.6) is 5.75 Å². The van der Waals surface area contributed by atoms with Crippen LogP contribution in [0.15, 0.2) is 28.8 Å². The minimum atomic E-state index is -3.28. The molecule has 140 valence electrons. The summed E-state index contributed by atoms with van der Waals surface area (Å²) < 4.78 is 27.3. The van der Waals surface area contributed by atoms with Gasteiger partial charge in [0.05, 0.1) is 0 Å². The molecule has 0 spiro atoms. The number of sulfone groups is 1. The van der Waals surface area contributed by atoms with Crippen molar-refractivity contribution in [1.82, 2.24) is 15.0 Å². The molecule has 0 radical (unpaired) electrons. The number of aromatic nitrogens is 2. The highest BCUT2D eigenvalue weighted by atomic mass is 32.2. The lowest BCUT2D eigenvalue weighted by atomic mass is 10.2. The lowest BCUT2D eigenvalue weighted by Gasteiger charge is -2.35. The topological polar surface area (TPSA) is 129 Å². The Morgan fingerprint density at radius 2 is 2.04 bits per heavy atom. The first-order valence-electron chi connectivity index (χ1n) is 7.90. The Kier molecular flexibility index (Phi) is 4.98. The number of phenols is 1. The highest BCUT2D eigenvalue weighted by Gasteiger charge is 2.23. The van der Waals surface area contributed by atoms with Crippen LogP contribution in [0.3, 0.4) is 0 Å². The molecular formula is C15H19N5O5S. The van der Waals surface area contributed by atoms with Gasteiger partial charge in [-0.2, -0.15) is 4.98 Å². The standard InChI is InChI=1S/C15H19N5O5S/c1-26(23,24)10-13-16-14(25-18-13)17-15(22)20-7-5-19(6-8-20)11-3-2-4-12(21)9-11/h2-4,9,21H,5-8,10H2,1H3,(H,16,17,18,22). The minimum absolute atomic E-state index is 0.00324. The first-order chi connectivity index (χ1) is 12.3. The molecule has 0 atom stereocenters. The van der Waals surface area contributed by atoms with Crippen molar-refractivity contribution >= 4 is 27.6 Å². The third kappa shape index (κ3) is 4.63. The van der Waals surface area contributed by atoms with Crippen LogP contribution in [-0.4, -0.2) is 67.0 Å². The smallest absolute Gasteiger partial charge is 0.329 e. The van der Waals surface area contributed by atoms with Crippen LogP contribution in [0.1, 0.15) is 5.82 Å². The fourth-order valence-electron chi connectivity index (χ4n) is 2.63. The maximum absolute atomic E-state index is 12.3. The second-order valence-corrected chi connectivity index (χ2v) is 8.15. The Labute approximate surface area is 150 Å². The van der Waals surface area contributed by atoms with Crippen LogP contribution in [0.2, 0.25) is 0 Å². The molecule has 1 aliphatic heterocycles. The summed E-state index contributed by atoms with van der Waals surface area (Å²) in [5.41, 5.74) is 0.896. The summed E-state index contributed by atoms with van der Waals surface area (Å²) in [5.74, 6) is -0.157. The van der Waals surface area contributed by atoms with Gasteiger partial charge in [-0.05, 0) is 12.1 Å². The first-order valence-corrected chi connectivity index (χ1v) is 9.96. The van der Waals surface area contributed by atoms with Gasteiger partial charge in [0, 0.05) is 44.2 Å². The molecule has 1 fully saturated rings. The van der Waals surface area contributed by atoms with E-state index in [4.69, 9.17) is 4.52 Å². The summed E-state index contributed by atoms with van der Waals surface area (Å²) in [6.45, 7) is 2.18. The van der Waals surface area contributed by atoms with Gasteiger partial charge in [0.15, 0.2) is 15.7 Å². The number of hydrogen-bond acceptors (Lipinski definition) is 8. The van der Waals surface area contributed by atoms with Crippen molar-refractivity contribution in [1.29, 1.82) is 0 Å². The summed E-state index contributed by atoms with van der Waals surface area (Å²) in [6, 6.07) is 6.43. The molecule has 0 saturated carbocycles. The van der Waals surface area contributed by atoms with Gasteiger partial charge < -0.3 is 19.4 Å². The van der Waals surface area contributed by atoms with Gasteiger partial charge in [0.1, 0.15) is 11.5 Å². The predicted octanol–water partition coefficient (Wildman–Crippen LogP) is 0.674. The molecule has 1 aromatic heterocycles. The number of hydrogen-bond donors (Lipinski definition) is 2. The van der Waals surface area contributed by atoms with Crippen molar-refractivity contribution in [2.24, 2.45) is 0 Å². The minimum Gasteiger partial charge on any atom is -0.508 e. The van der Waals surface area contributed by atoms with Gasteiger partial charge in [0.2, 0.25) is 0 Å². The number of anilines is 2. The van der Waals surface area contributed by atoms with E-state index in [9.17, 15) is 18.3 Å². The first kappa shape index (κ1) is 18.0. The highest BCUT2D eigenvalue weighted by Crippen LogP contribution is 2.21. The van der Waals surface area contributed by atoms with Crippen LogP contribution in [-0.2, 0) is 15.6 Å². The van der Waals surface area contributed by atoms with E-state index in [1.165, 1.54) is 0 Å². The molecule has 2 heterocycles. The fourth-order valence-corrected chi connectivity index (χ4v) is 3.21. The molecule has 2 aromatic rings. The quantitative estimate of drug-likeness (QED) is 0.791. The van der Waals surface area contributed by atoms with Gasteiger partial charge in [-0.3, -0.25) is 5.32 Å². The molecule has 3 rings (SSSR count). The van der Waals surface area contributed by atoms with E-state index >= 15 is 0 Å². The van der Waals surface area contributed by atoms with Crippen LogP contribution < -0.4 is 10.2 Å². The average molecular weight is 381 g/mol. The van der Waals surface area contributed by atoms with Crippen molar-refractivity contribution in [3.05, 3.63) is 30.1 Å². The van der Waals surface area contributed by atoms with Crippen molar-refractivity contribution in [3.8, 4) is 5.75 Å². The van der Waals surface area contributed by atoms with Crippen LogP contribution in [0.25, 0.3) is 0 Å². The van der Waals surface area contributed by atoms with Crippen molar-refractivity contribution in [3.63, 3.8) is 0 Å². The van der Waals surface area contributed by atoms with E-state index in [1.807, 2.05) is 6.07 Å². The van der Waals surface area contributed by atoms with Gasteiger partial charge in [-0.25, -0.2) is 13.2 Å². The zero-order valence-electron chi connectivity index (χ0n) is 14.1. The molecule has 2 N–H and O–H groups in total. The number of amides is 2. The summed E-state index contributed by atoms with van der Waals surface area (Å²) in [6.07, 6.45) is 1.06. The molecule has 1 saturated heterocycles. The molecule has 0 aliphatic carbocycles. The van der Waals surface area contributed by atoms with E-state index in [0.717, 1.165) is 11.9 Å². The maximum Gasteiger partial charge on any atom is 0.329 e. The summed E-state index contributed by atoms with van der Waals surface area (Å²) in [4.78, 5) is 19.8. The number of rotatable bonds is 4. The van der Waals surface area contributed by atoms with E-state index in [1.54, 1.807) is 23.1 Å². The number of nitrogens with one attached hydrogen (secondary N) is 1. The van der Waals surface area contributed by atoms with Crippen LogP contribution in [0.4, 0.5) is 16.5 Å². The Bertz CT molecular complexity index is 889. The number of aromatic hydroxyl groups is 1. The largest absolute Gasteiger partial charge is 0.508 e. The van der Waals surface area contributed by atoms with Crippen molar-refractivity contribution in [2.75, 3.05) is 42.7 Å². The SMILES string of the molecule is CS(=O)(=O)Cc1noc(NC(=O)N2CCN(c3cccc(O)c3)CC2)n1. The predicted molar refractivity (Wildman–Crippen MR) is 93.8 cm³/mol. The monoisotopic (exact) mass is 381 g/mol. The Hall–Kier alpha value is -2.82. The molecular weight excluding hydrogens is 362 g/mol. The van der Waals surface area contributed by atoms with Crippen molar-refractivity contribution in [2.45, 2.75) is 5.75 Å². The van der Waals surface area contributed by atoms with E-state index < -0.39 is 15.9 Å². The van der Waals surface area contributed by atoms with E-state index in [2.05, 4.69) is 20.4 Å². The zero-order valence-corrected chi connectivity index (χ0v) is 14.9. The molecule has 1 aliphatic rings. The number of piperazine rings is 1. The molecule has 26 heavy (non-hydrogen) atoms. The summed E-state index contributed by atoms with van der Waals surface area (Å²) in [5, 5.41) is 15.6. The number of nitrogens with zero attached hydrogens (tertiary/aromatic N) is 4.